The van der Waals surface area contributed by atoms with Crippen LogP contribution in [0.3, 0.4) is 0 Å². The molecule has 1 saturated heterocycles. The van der Waals surface area contributed by atoms with E-state index in [1.54, 1.807) is 0 Å². The maximum atomic E-state index is 12.3. The first-order valence-electron chi connectivity index (χ1n) is 7.78. The van der Waals surface area contributed by atoms with E-state index in [9.17, 15) is 23.3 Å². The molecule has 1 heterocycles. The van der Waals surface area contributed by atoms with Crippen molar-refractivity contribution in [2.75, 3.05) is 13.1 Å². The highest BCUT2D eigenvalue weighted by Crippen LogP contribution is 2.25. The first-order valence-corrected chi connectivity index (χ1v) is 9.84. The number of carbonyl (C=O) groups is 1. The Labute approximate surface area is 156 Å². The van der Waals surface area contributed by atoms with Crippen molar-refractivity contribution in [3.05, 3.63) is 39.9 Å². The summed E-state index contributed by atoms with van der Waals surface area (Å²) in [4.78, 5) is 23.9. The molecular formula is C14H20N4O6S2. The predicted octanol–water partition coefficient (Wildman–Crippen LogP) is 0.787. The van der Waals surface area contributed by atoms with E-state index in [-0.39, 0.29) is 30.1 Å². The zero-order chi connectivity index (χ0) is 19.3. The van der Waals surface area contributed by atoms with Gasteiger partial charge in [-0.3, -0.25) is 10.1 Å². The second-order valence-electron chi connectivity index (χ2n) is 5.90. The molecular weight excluding hydrogens is 384 g/mol. The number of nitro benzene ring substituents is 1. The van der Waals surface area contributed by atoms with E-state index >= 15 is 0 Å². The fraction of sp³-hybridized carbons (Fsp3) is 0.500. The van der Waals surface area contributed by atoms with Gasteiger partial charge in [0.15, 0.2) is 0 Å². The van der Waals surface area contributed by atoms with Gasteiger partial charge in [-0.2, -0.15) is 21.0 Å². The molecule has 3 N–H and O–H groups in total. The summed E-state index contributed by atoms with van der Waals surface area (Å²) in [6.45, 7) is 0.477. The van der Waals surface area contributed by atoms with Crippen LogP contribution in [0.1, 0.15) is 18.4 Å². The van der Waals surface area contributed by atoms with E-state index in [4.69, 9.17) is 9.88 Å². The molecule has 0 aliphatic carbocycles. The number of rotatable bonds is 7. The van der Waals surface area contributed by atoms with Crippen molar-refractivity contribution in [1.82, 2.24) is 9.62 Å². The Balaban J connectivity index is 1.88. The molecule has 0 unspecified atom stereocenters. The molecule has 10 nitrogen and oxygen atoms in total. The van der Waals surface area contributed by atoms with Crippen LogP contribution in [0.2, 0.25) is 0 Å². The van der Waals surface area contributed by atoms with Crippen LogP contribution >= 0.6 is 12.6 Å². The monoisotopic (exact) mass is 404 g/mol. The Kier molecular flexibility index (Phi) is 6.81. The smallest absolute Gasteiger partial charge is 0.410 e. The number of nitrogens with one attached hydrogen (secondary N) is 1. The van der Waals surface area contributed by atoms with Gasteiger partial charge in [0.05, 0.1) is 4.92 Å². The van der Waals surface area contributed by atoms with Crippen molar-refractivity contribution < 1.29 is 22.9 Å². The number of nitrogens with two attached hydrogens (primary N) is 1. The Morgan fingerprint density at radius 3 is 2.65 bits per heavy atom. The van der Waals surface area contributed by atoms with Crippen molar-refractivity contribution in [1.29, 1.82) is 0 Å². The van der Waals surface area contributed by atoms with Gasteiger partial charge in [0.25, 0.3) is 15.9 Å². The second kappa shape index (κ2) is 8.66. The van der Waals surface area contributed by atoms with E-state index < -0.39 is 21.2 Å². The summed E-state index contributed by atoms with van der Waals surface area (Å²) >= 11 is 4.38. The molecule has 2 atom stereocenters. The molecule has 0 bridgehead atoms. The van der Waals surface area contributed by atoms with Gasteiger partial charge in [0, 0.05) is 36.5 Å². The quantitative estimate of drug-likeness (QED) is 0.348. The SMILES string of the molecule is NS(=O)(=O)NCC[C@H]1C[C@H](S)CN1C(=O)OCc1ccc([N+](=O)[O-])cc1. The van der Waals surface area contributed by atoms with Gasteiger partial charge >= 0.3 is 6.09 Å². The number of benzene rings is 1. The van der Waals surface area contributed by atoms with Gasteiger partial charge in [-0.05, 0) is 30.5 Å². The van der Waals surface area contributed by atoms with Gasteiger partial charge < -0.3 is 9.64 Å². The van der Waals surface area contributed by atoms with Crippen LogP contribution in [-0.2, 0) is 21.6 Å². The summed E-state index contributed by atoms with van der Waals surface area (Å²) in [5, 5.41) is 15.5. The summed E-state index contributed by atoms with van der Waals surface area (Å²) in [7, 11) is -3.77. The lowest BCUT2D eigenvalue weighted by Crippen LogP contribution is -2.39. The standard InChI is InChI=1S/C14H20N4O6S2/c15-26(22,23)16-6-5-12-7-13(25)8-17(12)14(19)24-9-10-1-3-11(4-2-10)18(20)21/h1-4,12-13,16,25H,5-9H2,(H2,15,22,23)/t12-,13-/m0/s1. The predicted molar refractivity (Wildman–Crippen MR) is 96.9 cm³/mol. The van der Waals surface area contributed by atoms with Crippen molar-refractivity contribution in [3.8, 4) is 0 Å². The van der Waals surface area contributed by atoms with Crippen molar-refractivity contribution in [2.24, 2.45) is 5.14 Å². The molecule has 0 saturated carbocycles. The van der Waals surface area contributed by atoms with Gasteiger partial charge in [-0.15, -0.1) is 0 Å². The number of non-ortho nitro benzene ring substituents is 1. The number of nitrogens with zero attached hydrogens (tertiary/aromatic N) is 2. The highest BCUT2D eigenvalue weighted by molar-refractivity contribution is 7.87. The first kappa shape index (κ1) is 20.4. The average molecular weight is 404 g/mol. The minimum Gasteiger partial charge on any atom is -0.445 e. The molecule has 1 aromatic carbocycles. The third kappa shape index (κ3) is 6.12. The molecule has 1 aliphatic rings. The molecule has 12 heteroatoms. The van der Waals surface area contributed by atoms with Gasteiger partial charge in [0.2, 0.25) is 0 Å². The lowest BCUT2D eigenvalue weighted by Gasteiger charge is -2.23. The van der Waals surface area contributed by atoms with Gasteiger partial charge in [-0.25, -0.2) is 14.7 Å². The fourth-order valence-electron chi connectivity index (χ4n) is 2.70. The number of thiol groups is 1. The van der Waals surface area contributed by atoms with Crippen molar-refractivity contribution in [2.45, 2.75) is 30.7 Å². The van der Waals surface area contributed by atoms with Crippen molar-refractivity contribution >= 4 is 34.6 Å². The maximum Gasteiger partial charge on any atom is 0.410 e. The van der Waals surface area contributed by atoms with Crippen LogP contribution in [0, 0.1) is 10.1 Å². The highest BCUT2D eigenvalue weighted by atomic mass is 32.2. The topological polar surface area (TPSA) is 145 Å². The van der Waals surface area contributed by atoms with E-state index in [1.807, 2.05) is 0 Å². The van der Waals surface area contributed by atoms with E-state index in [1.165, 1.54) is 29.2 Å². The van der Waals surface area contributed by atoms with E-state index in [0.717, 1.165) is 0 Å². The van der Waals surface area contributed by atoms with Gasteiger partial charge in [-0.1, -0.05) is 0 Å². The zero-order valence-electron chi connectivity index (χ0n) is 13.8. The molecule has 0 aromatic heterocycles. The highest BCUT2D eigenvalue weighted by Gasteiger charge is 2.34. The Morgan fingerprint density at radius 2 is 2.08 bits per heavy atom. The van der Waals surface area contributed by atoms with Crippen LogP contribution in [0.5, 0.6) is 0 Å². The third-order valence-corrected chi connectivity index (χ3v) is 4.90. The third-order valence-electron chi connectivity index (χ3n) is 3.92. The Bertz CT molecular complexity index is 755. The normalized spacial score (nSPS) is 20.2. The van der Waals surface area contributed by atoms with Crippen molar-refractivity contribution in [3.63, 3.8) is 0 Å². The van der Waals surface area contributed by atoms with E-state index in [2.05, 4.69) is 17.4 Å². The van der Waals surface area contributed by atoms with Crippen LogP contribution in [0.25, 0.3) is 0 Å². The summed E-state index contributed by atoms with van der Waals surface area (Å²) < 4.78 is 29.3. The molecule has 0 radical (unpaired) electrons. The second-order valence-corrected chi connectivity index (χ2v) is 8.01. The lowest BCUT2D eigenvalue weighted by atomic mass is 10.1. The average Bonchev–Trinajstić information content (AvgIpc) is 2.92. The Morgan fingerprint density at radius 1 is 1.42 bits per heavy atom. The molecule has 1 fully saturated rings. The Hall–Kier alpha value is -1.89. The summed E-state index contributed by atoms with van der Waals surface area (Å²) in [6.07, 6.45) is 0.461. The minimum absolute atomic E-state index is 0.0211. The summed E-state index contributed by atoms with van der Waals surface area (Å²) in [6, 6.07) is 5.50. The minimum atomic E-state index is -3.77. The number of hydrogen-bond donors (Lipinski definition) is 3. The van der Waals surface area contributed by atoms with Crippen LogP contribution in [0.15, 0.2) is 24.3 Å². The number of ether oxygens (including phenoxy) is 1. The summed E-state index contributed by atoms with van der Waals surface area (Å²) in [5.74, 6) is 0. The molecule has 26 heavy (non-hydrogen) atoms. The van der Waals surface area contributed by atoms with Gasteiger partial charge in [0.1, 0.15) is 6.61 Å². The summed E-state index contributed by atoms with van der Waals surface area (Å²) in [5.41, 5.74) is 0.581. The van der Waals surface area contributed by atoms with E-state index in [0.29, 0.717) is 24.9 Å². The maximum absolute atomic E-state index is 12.3. The zero-order valence-corrected chi connectivity index (χ0v) is 15.5. The molecule has 144 valence electrons. The first-order chi connectivity index (χ1) is 12.2. The molecule has 2 rings (SSSR count). The van der Waals surface area contributed by atoms with Crippen LogP contribution in [-0.4, -0.2) is 48.7 Å². The number of likely N-dealkylation sites (tertiary alicyclic amines) is 1. The molecule has 1 aliphatic heterocycles. The lowest BCUT2D eigenvalue weighted by molar-refractivity contribution is -0.384. The number of carbonyl (C=O) groups excluding carboxylic acids is 1. The molecule has 0 spiro atoms. The number of amides is 1. The fourth-order valence-corrected chi connectivity index (χ4v) is 3.52. The number of hydrogen-bond acceptors (Lipinski definition) is 7. The largest absolute Gasteiger partial charge is 0.445 e. The molecule has 1 amide bonds. The molecule has 1 aromatic rings. The van der Waals surface area contributed by atoms with Crippen LogP contribution in [0.4, 0.5) is 10.5 Å². The number of nitro groups is 1. The van der Waals surface area contributed by atoms with Crippen LogP contribution < -0.4 is 9.86 Å².